The first kappa shape index (κ1) is 15.2. The summed E-state index contributed by atoms with van der Waals surface area (Å²) < 4.78 is 21.0. The van der Waals surface area contributed by atoms with E-state index >= 15 is 0 Å². The molecule has 0 aliphatic rings. The van der Waals surface area contributed by atoms with E-state index in [4.69, 9.17) is 9.52 Å². The van der Waals surface area contributed by atoms with Crippen LogP contribution in [0.1, 0.15) is 16.3 Å². The van der Waals surface area contributed by atoms with Gasteiger partial charge >= 0.3 is 5.97 Å². The lowest BCUT2D eigenvalue weighted by molar-refractivity contribution is 0.0660. The first-order chi connectivity index (χ1) is 12.1. The van der Waals surface area contributed by atoms with Crippen LogP contribution in [0.2, 0.25) is 0 Å². The Balaban J connectivity index is 1.86. The van der Waals surface area contributed by atoms with E-state index in [1.807, 2.05) is 41.0 Å². The summed E-state index contributed by atoms with van der Waals surface area (Å²) in [6.07, 6.45) is 0. The van der Waals surface area contributed by atoms with Gasteiger partial charge in [0.05, 0.1) is 6.54 Å². The normalized spacial score (nSPS) is 11.1. The molecule has 0 radical (unpaired) electrons. The molecule has 2 heterocycles. The van der Waals surface area contributed by atoms with Crippen LogP contribution in [0.4, 0.5) is 4.39 Å². The molecule has 1 N–H and O–H groups in total. The van der Waals surface area contributed by atoms with E-state index in [2.05, 4.69) is 0 Å². The number of halogens is 1. The van der Waals surface area contributed by atoms with Gasteiger partial charge < -0.3 is 14.1 Å². The topological polar surface area (TPSA) is 55.4 Å². The van der Waals surface area contributed by atoms with Gasteiger partial charge in [-0.25, -0.2) is 9.18 Å². The van der Waals surface area contributed by atoms with Gasteiger partial charge in [0.15, 0.2) is 0 Å². The third kappa shape index (κ3) is 2.80. The molecule has 0 amide bonds. The van der Waals surface area contributed by atoms with E-state index < -0.39 is 5.97 Å². The summed E-state index contributed by atoms with van der Waals surface area (Å²) in [5.41, 5.74) is 2.76. The van der Waals surface area contributed by atoms with Gasteiger partial charge in [-0.1, -0.05) is 30.3 Å². The van der Waals surface area contributed by atoms with E-state index in [0.29, 0.717) is 12.3 Å². The van der Waals surface area contributed by atoms with Crippen LogP contribution in [0.25, 0.3) is 22.2 Å². The second-order valence-electron chi connectivity index (χ2n) is 5.76. The molecule has 0 spiro atoms. The maximum atomic E-state index is 13.6. The number of hydrogen-bond donors (Lipinski definition) is 1. The van der Waals surface area contributed by atoms with Crippen molar-refractivity contribution in [1.29, 1.82) is 0 Å². The Morgan fingerprint density at radius 2 is 1.84 bits per heavy atom. The lowest BCUT2D eigenvalue weighted by Gasteiger charge is -2.09. The number of carbonyl (C=O) groups is 1. The molecule has 5 heteroatoms. The number of benzene rings is 2. The van der Waals surface area contributed by atoms with Gasteiger partial charge in [0.2, 0.25) is 5.76 Å². The number of fused-ring (bicyclic) bond motifs is 1. The van der Waals surface area contributed by atoms with E-state index in [-0.39, 0.29) is 11.6 Å². The molecule has 0 fully saturated rings. The molecule has 0 saturated carbocycles. The van der Waals surface area contributed by atoms with E-state index in [1.54, 1.807) is 12.1 Å². The highest BCUT2D eigenvalue weighted by Crippen LogP contribution is 2.30. The number of carboxylic acids is 1. The monoisotopic (exact) mass is 335 g/mol. The Bertz CT molecular complexity index is 1060. The van der Waals surface area contributed by atoms with Crippen molar-refractivity contribution in [3.63, 3.8) is 0 Å². The number of furan rings is 1. The molecule has 124 valence electrons. The standard InChI is InChI=1S/C20H14FNO3/c21-15-6-8-17-14(10-15)11-18(13-4-2-1-3-5-13)22(17)12-16-7-9-19(25-16)20(23)24/h1-11H,12H2,(H,23,24). The number of aromatic carboxylic acids is 1. The Labute approximate surface area is 142 Å². The molecule has 0 saturated heterocycles. The lowest BCUT2D eigenvalue weighted by atomic mass is 10.1. The van der Waals surface area contributed by atoms with E-state index in [0.717, 1.165) is 22.2 Å². The third-order valence-electron chi connectivity index (χ3n) is 4.12. The Morgan fingerprint density at radius 3 is 2.56 bits per heavy atom. The average molecular weight is 335 g/mol. The zero-order chi connectivity index (χ0) is 17.4. The van der Waals surface area contributed by atoms with Crippen molar-refractivity contribution in [2.75, 3.05) is 0 Å². The Kier molecular flexibility index (Phi) is 3.61. The average Bonchev–Trinajstić information content (AvgIpc) is 3.21. The molecule has 4 rings (SSSR count). The van der Waals surface area contributed by atoms with Crippen LogP contribution in [0.5, 0.6) is 0 Å². The number of aromatic nitrogens is 1. The number of nitrogens with zero attached hydrogens (tertiary/aromatic N) is 1. The molecule has 2 aromatic heterocycles. The fourth-order valence-corrected chi connectivity index (χ4v) is 2.99. The van der Waals surface area contributed by atoms with Crippen molar-refractivity contribution in [1.82, 2.24) is 4.57 Å². The quantitative estimate of drug-likeness (QED) is 0.583. The van der Waals surface area contributed by atoms with Crippen molar-refractivity contribution in [3.8, 4) is 11.3 Å². The van der Waals surface area contributed by atoms with E-state index in [1.165, 1.54) is 18.2 Å². The van der Waals surface area contributed by atoms with Gasteiger partial charge in [0.1, 0.15) is 11.6 Å². The molecule has 0 aliphatic carbocycles. The highest BCUT2D eigenvalue weighted by atomic mass is 19.1. The minimum atomic E-state index is -1.10. The van der Waals surface area contributed by atoms with Crippen LogP contribution in [0, 0.1) is 5.82 Å². The minimum Gasteiger partial charge on any atom is -0.475 e. The van der Waals surface area contributed by atoms with Crippen LogP contribution < -0.4 is 0 Å². The van der Waals surface area contributed by atoms with Gasteiger partial charge in [0, 0.05) is 16.6 Å². The van der Waals surface area contributed by atoms with Gasteiger partial charge in [-0.05, 0) is 42.0 Å². The van der Waals surface area contributed by atoms with Gasteiger partial charge in [0.25, 0.3) is 0 Å². The van der Waals surface area contributed by atoms with Gasteiger partial charge in [-0.15, -0.1) is 0 Å². The van der Waals surface area contributed by atoms with Crippen molar-refractivity contribution in [3.05, 3.63) is 84.1 Å². The molecular weight excluding hydrogens is 321 g/mol. The van der Waals surface area contributed by atoms with Gasteiger partial charge in [-0.2, -0.15) is 0 Å². The predicted octanol–water partition coefficient (Wildman–Crippen LogP) is 4.79. The zero-order valence-corrected chi connectivity index (χ0v) is 13.1. The van der Waals surface area contributed by atoms with Crippen molar-refractivity contribution >= 4 is 16.9 Å². The summed E-state index contributed by atoms with van der Waals surface area (Å²) in [5, 5.41) is 9.80. The fourth-order valence-electron chi connectivity index (χ4n) is 2.99. The molecule has 4 aromatic rings. The molecular formula is C20H14FNO3. The molecule has 2 aromatic carbocycles. The summed E-state index contributed by atoms with van der Waals surface area (Å²) in [6, 6.07) is 19.4. The number of rotatable bonds is 4. The first-order valence-corrected chi connectivity index (χ1v) is 7.78. The maximum absolute atomic E-state index is 13.6. The molecule has 0 unspecified atom stereocenters. The highest BCUT2D eigenvalue weighted by molar-refractivity contribution is 5.87. The molecule has 4 nitrogen and oxygen atoms in total. The van der Waals surface area contributed by atoms with Crippen LogP contribution in [0.15, 0.2) is 71.1 Å². The summed E-state index contributed by atoms with van der Waals surface area (Å²) in [5.74, 6) is -0.973. The van der Waals surface area contributed by atoms with Crippen molar-refractivity contribution in [2.45, 2.75) is 6.54 Å². The van der Waals surface area contributed by atoms with Crippen LogP contribution in [-0.2, 0) is 6.54 Å². The van der Waals surface area contributed by atoms with Crippen LogP contribution in [0.3, 0.4) is 0 Å². The van der Waals surface area contributed by atoms with Gasteiger partial charge in [-0.3, -0.25) is 0 Å². The molecule has 0 atom stereocenters. The van der Waals surface area contributed by atoms with Crippen molar-refractivity contribution < 1.29 is 18.7 Å². The molecule has 25 heavy (non-hydrogen) atoms. The highest BCUT2D eigenvalue weighted by Gasteiger charge is 2.15. The lowest BCUT2D eigenvalue weighted by Crippen LogP contribution is -2.01. The summed E-state index contributed by atoms with van der Waals surface area (Å²) >= 11 is 0. The number of carboxylic acid groups (broad SMARTS) is 1. The maximum Gasteiger partial charge on any atom is 0.371 e. The van der Waals surface area contributed by atoms with Crippen LogP contribution in [-0.4, -0.2) is 15.6 Å². The van der Waals surface area contributed by atoms with Crippen molar-refractivity contribution in [2.24, 2.45) is 0 Å². The zero-order valence-electron chi connectivity index (χ0n) is 13.1. The Morgan fingerprint density at radius 1 is 1.04 bits per heavy atom. The fraction of sp³-hybridized carbons (Fsp3) is 0.0500. The smallest absolute Gasteiger partial charge is 0.371 e. The summed E-state index contributed by atoms with van der Waals surface area (Å²) in [6.45, 7) is 0.354. The predicted molar refractivity (Wildman–Crippen MR) is 92.1 cm³/mol. The second kappa shape index (κ2) is 5.94. The SMILES string of the molecule is O=C(O)c1ccc(Cn2c(-c3ccccc3)cc3cc(F)ccc32)o1. The minimum absolute atomic E-state index is 0.0984. The summed E-state index contributed by atoms with van der Waals surface area (Å²) in [7, 11) is 0. The first-order valence-electron chi connectivity index (χ1n) is 7.78. The second-order valence-corrected chi connectivity index (χ2v) is 5.76. The Hall–Kier alpha value is -3.34. The van der Waals surface area contributed by atoms with Crippen LogP contribution >= 0.6 is 0 Å². The number of hydrogen-bond acceptors (Lipinski definition) is 2. The molecule has 0 bridgehead atoms. The largest absolute Gasteiger partial charge is 0.475 e. The summed E-state index contributed by atoms with van der Waals surface area (Å²) in [4.78, 5) is 11.0. The third-order valence-corrected chi connectivity index (χ3v) is 4.12. The molecule has 0 aliphatic heterocycles. The van der Waals surface area contributed by atoms with E-state index in [9.17, 15) is 9.18 Å².